The van der Waals surface area contributed by atoms with Crippen LogP contribution in [-0.2, 0) is 13.0 Å². The van der Waals surface area contributed by atoms with Crippen LogP contribution in [0, 0.1) is 0 Å². The van der Waals surface area contributed by atoms with Gasteiger partial charge in [-0.25, -0.2) is 4.79 Å². The number of para-hydroxylation sites is 3. The summed E-state index contributed by atoms with van der Waals surface area (Å²) in [5, 5.41) is 3.62. The minimum absolute atomic E-state index is 0.00695. The Morgan fingerprint density at radius 3 is 2.53 bits per heavy atom. The second kappa shape index (κ2) is 7.52. The van der Waals surface area contributed by atoms with Crippen LogP contribution in [-0.4, -0.2) is 12.5 Å². The van der Waals surface area contributed by atoms with E-state index in [1.165, 1.54) is 11.1 Å². The van der Waals surface area contributed by atoms with E-state index in [4.69, 9.17) is 4.42 Å². The minimum atomic E-state index is -0.643. The molecule has 30 heavy (non-hydrogen) atoms. The Labute approximate surface area is 173 Å². The van der Waals surface area contributed by atoms with Crippen LogP contribution in [0.1, 0.15) is 21.5 Å². The van der Waals surface area contributed by atoms with Crippen LogP contribution in [0.2, 0.25) is 0 Å². The maximum Gasteiger partial charge on any atom is 0.349 e. The first-order valence-electron chi connectivity index (χ1n) is 9.94. The van der Waals surface area contributed by atoms with Crippen LogP contribution in [0.15, 0.2) is 88.1 Å². The highest BCUT2D eigenvalue weighted by molar-refractivity contribution is 6.07. The third-order valence-corrected chi connectivity index (χ3v) is 5.51. The van der Waals surface area contributed by atoms with Crippen LogP contribution in [0.3, 0.4) is 0 Å². The Morgan fingerprint density at radius 1 is 0.900 bits per heavy atom. The lowest BCUT2D eigenvalue weighted by Crippen LogP contribution is -2.31. The molecule has 3 aromatic carbocycles. The molecule has 0 saturated heterocycles. The summed E-state index contributed by atoms with van der Waals surface area (Å²) < 4.78 is 5.31. The molecule has 1 amide bonds. The Balaban J connectivity index is 1.45. The van der Waals surface area contributed by atoms with Gasteiger partial charge in [-0.3, -0.25) is 4.79 Å². The van der Waals surface area contributed by atoms with Crippen molar-refractivity contribution in [2.45, 2.75) is 13.0 Å². The van der Waals surface area contributed by atoms with E-state index in [0.717, 1.165) is 25.2 Å². The van der Waals surface area contributed by atoms with Crippen LogP contribution >= 0.6 is 0 Å². The van der Waals surface area contributed by atoms with E-state index in [1.54, 1.807) is 18.2 Å². The largest absolute Gasteiger partial charge is 0.422 e. The summed E-state index contributed by atoms with van der Waals surface area (Å²) in [6.45, 7) is 1.64. The zero-order chi connectivity index (χ0) is 20.5. The molecule has 5 nitrogen and oxygen atoms in total. The first-order chi connectivity index (χ1) is 14.7. The number of amides is 1. The van der Waals surface area contributed by atoms with Crippen LogP contribution in [0.4, 0.5) is 11.4 Å². The van der Waals surface area contributed by atoms with Gasteiger partial charge in [0.15, 0.2) is 0 Å². The molecule has 148 valence electrons. The lowest BCUT2D eigenvalue weighted by Gasteiger charge is -2.32. The van der Waals surface area contributed by atoms with Crippen molar-refractivity contribution in [1.29, 1.82) is 0 Å². The van der Waals surface area contributed by atoms with Gasteiger partial charge in [0.1, 0.15) is 11.1 Å². The summed E-state index contributed by atoms with van der Waals surface area (Å²) in [6, 6.07) is 24.8. The predicted molar refractivity (Wildman–Crippen MR) is 118 cm³/mol. The highest BCUT2D eigenvalue weighted by atomic mass is 16.4. The predicted octanol–water partition coefficient (Wildman–Crippen LogP) is 4.61. The summed E-state index contributed by atoms with van der Waals surface area (Å²) in [4.78, 5) is 27.5. The summed E-state index contributed by atoms with van der Waals surface area (Å²) in [5.41, 5.74) is 4.08. The number of nitrogens with one attached hydrogen (secondary N) is 1. The molecule has 1 aromatic heterocycles. The fourth-order valence-corrected chi connectivity index (χ4v) is 3.97. The quantitative estimate of drug-likeness (QED) is 0.514. The van der Waals surface area contributed by atoms with Crippen molar-refractivity contribution in [3.63, 3.8) is 0 Å². The first kappa shape index (κ1) is 18.2. The average Bonchev–Trinajstić information content (AvgIpc) is 2.78. The van der Waals surface area contributed by atoms with Crippen LogP contribution < -0.4 is 15.8 Å². The summed E-state index contributed by atoms with van der Waals surface area (Å²) in [5.74, 6) is -0.473. The molecule has 5 heteroatoms. The second-order valence-corrected chi connectivity index (χ2v) is 7.40. The van der Waals surface area contributed by atoms with Crippen molar-refractivity contribution in [2.75, 3.05) is 16.8 Å². The molecule has 1 aliphatic heterocycles. The van der Waals surface area contributed by atoms with Crippen molar-refractivity contribution in [2.24, 2.45) is 0 Å². The molecule has 0 bridgehead atoms. The Bertz CT molecular complexity index is 1310. The second-order valence-electron chi connectivity index (χ2n) is 7.40. The molecule has 5 rings (SSSR count). The highest BCUT2D eigenvalue weighted by Crippen LogP contribution is 2.30. The topological polar surface area (TPSA) is 62.6 Å². The van der Waals surface area contributed by atoms with Crippen molar-refractivity contribution in [3.8, 4) is 0 Å². The van der Waals surface area contributed by atoms with Crippen molar-refractivity contribution >= 4 is 28.3 Å². The molecule has 2 heterocycles. The van der Waals surface area contributed by atoms with E-state index >= 15 is 0 Å². The van der Waals surface area contributed by atoms with Gasteiger partial charge in [-0.15, -0.1) is 0 Å². The van der Waals surface area contributed by atoms with Gasteiger partial charge in [0.05, 0.1) is 11.4 Å². The molecule has 0 radical (unpaired) electrons. The lowest BCUT2D eigenvalue weighted by molar-refractivity contribution is 0.102. The van der Waals surface area contributed by atoms with Gasteiger partial charge in [0, 0.05) is 18.5 Å². The fourth-order valence-electron chi connectivity index (χ4n) is 3.97. The number of hydrogen-bond acceptors (Lipinski definition) is 4. The van der Waals surface area contributed by atoms with Crippen molar-refractivity contribution in [3.05, 3.63) is 106 Å². The average molecular weight is 396 g/mol. The lowest BCUT2D eigenvalue weighted by atomic mass is 9.99. The number of nitrogens with zero attached hydrogens (tertiary/aromatic N) is 1. The molecule has 0 atom stereocenters. The van der Waals surface area contributed by atoms with E-state index < -0.39 is 11.5 Å². The van der Waals surface area contributed by atoms with Crippen LogP contribution in [0.25, 0.3) is 11.0 Å². The monoisotopic (exact) mass is 396 g/mol. The van der Waals surface area contributed by atoms with Crippen molar-refractivity contribution < 1.29 is 9.21 Å². The zero-order valence-corrected chi connectivity index (χ0v) is 16.3. The molecule has 0 fully saturated rings. The maximum atomic E-state index is 12.9. The number of carbonyl (C=O) groups is 1. The standard InChI is InChI=1S/C25H20N2O3/c28-24(20-15-18-8-3-6-12-23(18)30-25(20)29)26-21-10-4-5-11-22(21)27-14-13-17-7-1-2-9-19(17)16-27/h1-12,15H,13-14,16H2,(H,26,28). The summed E-state index contributed by atoms with van der Waals surface area (Å²) >= 11 is 0. The third kappa shape index (κ3) is 3.35. The number of anilines is 2. The zero-order valence-electron chi connectivity index (χ0n) is 16.3. The highest BCUT2D eigenvalue weighted by Gasteiger charge is 2.20. The van der Waals surface area contributed by atoms with Gasteiger partial charge >= 0.3 is 5.63 Å². The first-order valence-corrected chi connectivity index (χ1v) is 9.94. The van der Waals surface area contributed by atoms with Gasteiger partial charge in [0.2, 0.25) is 0 Å². The van der Waals surface area contributed by atoms with Gasteiger partial charge in [-0.2, -0.15) is 0 Å². The number of carbonyl (C=O) groups excluding carboxylic acids is 1. The summed E-state index contributed by atoms with van der Waals surface area (Å²) in [6.07, 6.45) is 0.951. The van der Waals surface area contributed by atoms with Gasteiger partial charge in [-0.1, -0.05) is 54.6 Å². The van der Waals surface area contributed by atoms with Gasteiger partial charge in [0.25, 0.3) is 5.91 Å². The van der Waals surface area contributed by atoms with Gasteiger partial charge in [-0.05, 0) is 41.8 Å². The Kier molecular flexibility index (Phi) is 4.56. The van der Waals surface area contributed by atoms with E-state index in [9.17, 15) is 9.59 Å². The van der Waals surface area contributed by atoms with E-state index in [2.05, 4.69) is 34.5 Å². The molecule has 0 saturated carbocycles. The van der Waals surface area contributed by atoms with E-state index in [1.807, 2.05) is 36.4 Å². The fraction of sp³-hybridized carbons (Fsp3) is 0.120. The maximum absolute atomic E-state index is 12.9. The Hall–Kier alpha value is -3.86. The Morgan fingerprint density at radius 2 is 1.63 bits per heavy atom. The van der Waals surface area contributed by atoms with E-state index in [0.29, 0.717) is 16.7 Å². The normalized spacial score (nSPS) is 13.1. The number of benzene rings is 3. The summed E-state index contributed by atoms with van der Waals surface area (Å²) in [7, 11) is 0. The van der Waals surface area contributed by atoms with Gasteiger partial charge < -0.3 is 14.6 Å². The number of rotatable bonds is 3. The number of hydrogen-bond donors (Lipinski definition) is 1. The van der Waals surface area contributed by atoms with Crippen LogP contribution in [0.5, 0.6) is 0 Å². The smallest absolute Gasteiger partial charge is 0.349 e. The molecule has 1 aliphatic rings. The molecular weight excluding hydrogens is 376 g/mol. The molecule has 1 N–H and O–H groups in total. The SMILES string of the molecule is O=C(Nc1ccccc1N1CCc2ccccc2C1)c1cc2ccccc2oc1=O. The molecular formula is C25H20N2O3. The molecule has 0 spiro atoms. The minimum Gasteiger partial charge on any atom is -0.422 e. The van der Waals surface area contributed by atoms with E-state index in [-0.39, 0.29) is 5.56 Å². The number of fused-ring (bicyclic) bond motifs is 2. The third-order valence-electron chi connectivity index (χ3n) is 5.51. The molecule has 0 unspecified atom stereocenters. The molecule has 0 aliphatic carbocycles. The van der Waals surface area contributed by atoms with Crippen molar-refractivity contribution in [1.82, 2.24) is 0 Å². The molecule has 4 aromatic rings.